The van der Waals surface area contributed by atoms with Crippen molar-refractivity contribution >= 4 is 18.2 Å². The lowest BCUT2D eigenvalue weighted by molar-refractivity contribution is -0.145. The summed E-state index contributed by atoms with van der Waals surface area (Å²) in [7, 11) is 1.33. The molecule has 7 nitrogen and oxygen atoms in total. The highest BCUT2D eigenvalue weighted by Gasteiger charge is 2.25. The van der Waals surface area contributed by atoms with Crippen molar-refractivity contribution in [3.8, 4) is 11.8 Å². The van der Waals surface area contributed by atoms with Gasteiger partial charge >= 0.3 is 5.97 Å². The second kappa shape index (κ2) is 12.3. The molecular weight excluding hydrogens is 416 g/mol. The minimum Gasteiger partial charge on any atom is -0.467 e. The first-order chi connectivity index (χ1) is 16.1. The number of methoxy groups -OCH3 is 1. The Morgan fingerprint density at radius 3 is 2.55 bits per heavy atom. The third-order valence-corrected chi connectivity index (χ3v) is 5.59. The number of nitrogens with two attached hydrogens (primary N) is 1. The lowest BCUT2D eigenvalue weighted by Crippen LogP contribution is -2.44. The van der Waals surface area contributed by atoms with Gasteiger partial charge in [0.2, 0.25) is 5.91 Å². The maximum Gasteiger partial charge on any atom is 0.328 e. The highest BCUT2D eigenvalue weighted by atomic mass is 16.5. The predicted molar refractivity (Wildman–Crippen MR) is 128 cm³/mol. The summed E-state index contributed by atoms with van der Waals surface area (Å²) < 4.78 is 4.92. The van der Waals surface area contributed by atoms with E-state index in [0.29, 0.717) is 12.8 Å². The van der Waals surface area contributed by atoms with Crippen LogP contribution in [0.25, 0.3) is 0 Å². The van der Waals surface area contributed by atoms with Crippen LogP contribution >= 0.6 is 0 Å². The van der Waals surface area contributed by atoms with Crippen molar-refractivity contribution in [2.24, 2.45) is 16.9 Å². The molecule has 1 unspecified atom stereocenters. The predicted octanol–water partition coefficient (Wildman–Crippen LogP) is 2.29. The van der Waals surface area contributed by atoms with Crippen LogP contribution in [0, 0.1) is 17.8 Å². The first-order valence-electron chi connectivity index (χ1n) is 11.1. The van der Waals surface area contributed by atoms with Gasteiger partial charge in [-0.1, -0.05) is 42.2 Å². The summed E-state index contributed by atoms with van der Waals surface area (Å²) in [6.45, 7) is 1.61. The van der Waals surface area contributed by atoms with E-state index in [2.05, 4.69) is 22.3 Å². The van der Waals surface area contributed by atoms with Crippen molar-refractivity contribution in [3.63, 3.8) is 0 Å². The molecule has 2 aromatic carbocycles. The number of esters is 1. The van der Waals surface area contributed by atoms with E-state index < -0.39 is 12.0 Å². The Balaban J connectivity index is 1.58. The molecule has 7 heteroatoms. The Hall–Kier alpha value is -3.79. The Labute approximate surface area is 195 Å². The zero-order valence-electron chi connectivity index (χ0n) is 18.9. The second-order valence-corrected chi connectivity index (χ2v) is 8.13. The number of hydrazone groups is 1. The minimum absolute atomic E-state index is 0.160. The number of nitrogens with one attached hydrogen (secondary N) is 1. The number of benzene rings is 2. The maximum absolute atomic E-state index is 12.7. The molecule has 3 rings (SSSR count). The quantitative estimate of drug-likeness (QED) is 0.170. The van der Waals surface area contributed by atoms with Crippen molar-refractivity contribution in [2.75, 3.05) is 20.2 Å². The molecule has 1 aliphatic rings. The highest BCUT2D eigenvalue weighted by molar-refractivity contribution is 5.84. The fourth-order valence-corrected chi connectivity index (χ4v) is 3.94. The molecule has 0 aliphatic carbocycles. The van der Waals surface area contributed by atoms with Gasteiger partial charge in [-0.15, -0.1) is 0 Å². The Morgan fingerprint density at radius 1 is 1.18 bits per heavy atom. The number of likely N-dealkylation sites (tertiary alicyclic amines) is 1. The molecule has 2 atom stereocenters. The molecule has 1 saturated heterocycles. The highest BCUT2D eigenvalue weighted by Crippen LogP contribution is 2.19. The number of hydrogen-bond acceptors (Lipinski definition) is 5. The molecule has 0 bridgehead atoms. The maximum atomic E-state index is 12.7. The molecule has 2 aromatic rings. The summed E-state index contributed by atoms with van der Waals surface area (Å²) in [5, 5.41) is 6.42. The number of carbonyl (C=O) groups is 2. The Kier molecular flexibility index (Phi) is 8.89. The Bertz CT molecular complexity index is 1010. The molecule has 1 amide bonds. The molecule has 0 spiro atoms. The van der Waals surface area contributed by atoms with Crippen molar-refractivity contribution in [2.45, 2.75) is 31.7 Å². The number of carbonyl (C=O) groups excluding carboxylic acids is 2. The molecule has 1 fully saturated rings. The van der Waals surface area contributed by atoms with Crippen LogP contribution in [0.1, 0.15) is 36.0 Å². The number of rotatable bonds is 7. The van der Waals surface area contributed by atoms with E-state index in [4.69, 9.17) is 10.6 Å². The summed E-state index contributed by atoms with van der Waals surface area (Å²) in [6, 6.07) is 16.7. The smallest absolute Gasteiger partial charge is 0.328 e. The fourth-order valence-electron chi connectivity index (χ4n) is 3.94. The number of nitrogens with zero attached hydrogens (tertiary/aromatic N) is 2. The average molecular weight is 447 g/mol. The van der Waals surface area contributed by atoms with Crippen molar-refractivity contribution in [3.05, 3.63) is 71.3 Å². The van der Waals surface area contributed by atoms with Crippen molar-refractivity contribution in [1.82, 2.24) is 10.2 Å². The van der Waals surface area contributed by atoms with Crippen LogP contribution in [-0.4, -0.2) is 49.4 Å². The van der Waals surface area contributed by atoms with Gasteiger partial charge in [0.05, 0.1) is 7.11 Å². The normalized spacial score (nSPS) is 16.5. The summed E-state index contributed by atoms with van der Waals surface area (Å²) in [4.78, 5) is 27.0. The Morgan fingerprint density at radius 2 is 1.88 bits per heavy atom. The van der Waals surface area contributed by atoms with Crippen LogP contribution in [0.15, 0.2) is 59.7 Å². The van der Waals surface area contributed by atoms with Crippen LogP contribution in [0.2, 0.25) is 0 Å². The zero-order chi connectivity index (χ0) is 23.5. The van der Waals surface area contributed by atoms with Gasteiger partial charge in [0.15, 0.2) is 0 Å². The van der Waals surface area contributed by atoms with E-state index in [1.807, 2.05) is 59.5 Å². The van der Waals surface area contributed by atoms with Crippen LogP contribution in [0.3, 0.4) is 0 Å². The van der Waals surface area contributed by atoms with Gasteiger partial charge in [0.1, 0.15) is 12.4 Å². The molecular formula is C26H30N4O3. The standard InChI is InChI=1S/C26H30N4O3/c1-33-26(32)24(29-25(31)17-23-8-5-15-30(18-23)19-28-27)16-22-13-11-21(12-14-22)10-9-20-6-3-2-4-7-20/h2-4,6-7,11-14,19,23-24H,5,8,15-18,27H2,1H3,(H,29,31)/t23?,24-/m1/s1. The van der Waals surface area contributed by atoms with Crippen LogP contribution in [0.4, 0.5) is 0 Å². The van der Waals surface area contributed by atoms with Crippen molar-refractivity contribution in [1.29, 1.82) is 0 Å². The topological polar surface area (TPSA) is 97.0 Å². The first-order valence-corrected chi connectivity index (χ1v) is 11.1. The van der Waals surface area contributed by atoms with Gasteiger partial charge in [-0.25, -0.2) is 4.79 Å². The summed E-state index contributed by atoms with van der Waals surface area (Å²) in [6.07, 6.45) is 4.23. The van der Waals surface area contributed by atoms with E-state index in [1.165, 1.54) is 7.11 Å². The molecule has 1 aliphatic heterocycles. The van der Waals surface area contributed by atoms with Gasteiger partial charge in [-0.2, -0.15) is 5.10 Å². The van der Waals surface area contributed by atoms with Gasteiger partial charge in [-0.3, -0.25) is 4.79 Å². The van der Waals surface area contributed by atoms with E-state index in [-0.39, 0.29) is 11.8 Å². The second-order valence-electron chi connectivity index (χ2n) is 8.13. The van der Waals surface area contributed by atoms with Gasteiger partial charge in [-0.05, 0) is 48.6 Å². The lowest BCUT2D eigenvalue weighted by atomic mass is 9.94. The number of piperidine rings is 1. The van der Waals surface area contributed by atoms with E-state index >= 15 is 0 Å². The van der Waals surface area contributed by atoms with Crippen molar-refractivity contribution < 1.29 is 14.3 Å². The monoisotopic (exact) mass is 446 g/mol. The molecule has 0 aromatic heterocycles. The van der Waals surface area contributed by atoms with Gasteiger partial charge < -0.3 is 20.8 Å². The number of amides is 1. The van der Waals surface area contributed by atoms with E-state index in [9.17, 15) is 9.59 Å². The van der Waals surface area contributed by atoms with E-state index in [1.54, 1.807) is 6.34 Å². The molecule has 0 saturated carbocycles. The molecule has 3 N–H and O–H groups in total. The largest absolute Gasteiger partial charge is 0.467 e. The minimum atomic E-state index is -0.742. The number of ether oxygens (including phenoxy) is 1. The van der Waals surface area contributed by atoms with Gasteiger partial charge in [0, 0.05) is 37.1 Å². The molecule has 1 heterocycles. The molecule has 0 radical (unpaired) electrons. The summed E-state index contributed by atoms with van der Waals surface area (Å²) in [5.74, 6) is 11.1. The van der Waals surface area contributed by atoms with Crippen LogP contribution < -0.4 is 11.2 Å². The lowest BCUT2D eigenvalue weighted by Gasteiger charge is -2.31. The number of hydrogen-bond donors (Lipinski definition) is 2. The first kappa shape index (κ1) is 23.9. The molecule has 172 valence electrons. The summed E-state index contributed by atoms with van der Waals surface area (Å²) >= 11 is 0. The van der Waals surface area contributed by atoms with Crippen LogP contribution in [0.5, 0.6) is 0 Å². The third-order valence-electron chi connectivity index (χ3n) is 5.59. The third kappa shape index (κ3) is 7.69. The summed E-state index contributed by atoms with van der Waals surface area (Å²) in [5.41, 5.74) is 2.74. The fraction of sp³-hybridized carbons (Fsp3) is 0.346. The molecule has 33 heavy (non-hydrogen) atoms. The van der Waals surface area contributed by atoms with Gasteiger partial charge in [0.25, 0.3) is 0 Å². The van der Waals surface area contributed by atoms with Crippen LogP contribution in [-0.2, 0) is 20.7 Å². The van der Waals surface area contributed by atoms with E-state index in [0.717, 1.165) is 42.6 Å². The zero-order valence-corrected chi connectivity index (χ0v) is 18.9. The SMILES string of the molecule is COC(=O)[C@@H](Cc1ccc(C#Cc2ccccc2)cc1)NC(=O)CC1CCCN(C=NN)C1. The average Bonchev–Trinajstić information content (AvgIpc) is 2.83.